The van der Waals surface area contributed by atoms with Crippen molar-refractivity contribution in [2.24, 2.45) is 0 Å². The summed E-state index contributed by atoms with van der Waals surface area (Å²) in [5.41, 5.74) is 8.35. The number of methoxy groups -OCH3 is 2. The molecule has 0 N–H and O–H groups in total. The van der Waals surface area contributed by atoms with Gasteiger partial charge in [0.1, 0.15) is 5.75 Å². The third-order valence-corrected chi connectivity index (χ3v) is 5.46. The van der Waals surface area contributed by atoms with Gasteiger partial charge in [-0.1, -0.05) is 51.8 Å². The third-order valence-electron chi connectivity index (χ3n) is 4.85. The predicted octanol–water partition coefficient (Wildman–Crippen LogP) is 6.33. The van der Waals surface area contributed by atoms with Crippen molar-refractivity contribution >= 4 is 21.9 Å². The minimum atomic E-state index is -0.327. The standard InChI is InChI=1S/C24H23BrO3/c1-15-5-8-21(19(11-15)14-25)22-13-17(7-10-23(22)27-3)20-9-6-18(12-16(20)2)24(26)28-4/h5-13H,14H2,1-4H3. The number of esters is 1. The minimum Gasteiger partial charge on any atom is -0.496 e. The van der Waals surface area contributed by atoms with Gasteiger partial charge >= 0.3 is 5.97 Å². The maximum atomic E-state index is 11.8. The van der Waals surface area contributed by atoms with Crippen LogP contribution in [0.25, 0.3) is 22.3 Å². The summed E-state index contributed by atoms with van der Waals surface area (Å²) in [5, 5.41) is 0.768. The van der Waals surface area contributed by atoms with E-state index in [1.54, 1.807) is 13.2 Å². The second-order valence-electron chi connectivity index (χ2n) is 6.73. The molecule has 3 aromatic carbocycles. The largest absolute Gasteiger partial charge is 0.496 e. The number of carbonyl (C=O) groups is 1. The molecule has 3 aromatic rings. The average molecular weight is 439 g/mol. The molecular formula is C24H23BrO3. The number of halogens is 1. The van der Waals surface area contributed by atoms with Crippen molar-refractivity contribution in [3.63, 3.8) is 0 Å². The van der Waals surface area contributed by atoms with Crippen molar-refractivity contribution in [3.05, 3.63) is 76.9 Å². The van der Waals surface area contributed by atoms with Gasteiger partial charge in [-0.25, -0.2) is 4.79 Å². The Morgan fingerprint density at radius 1 is 0.893 bits per heavy atom. The fourth-order valence-corrected chi connectivity index (χ4v) is 3.88. The molecule has 0 unspecified atom stereocenters. The van der Waals surface area contributed by atoms with Gasteiger partial charge in [0, 0.05) is 10.9 Å². The van der Waals surface area contributed by atoms with Crippen LogP contribution in [0.3, 0.4) is 0 Å². The van der Waals surface area contributed by atoms with Crippen LogP contribution in [0, 0.1) is 13.8 Å². The summed E-state index contributed by atoms with van der Waals surface area (Å²) < 4.78 is 10.5. The number of hydrogen-bond donors (Lipinski definition) is 0. The molecular weight excluding hydrogens is 416 g/mol. The Kier molecular flexibility index (Phi) is 6.20. The number of ether oxygens (including phenoxy) is 2. The molecule has 0 radical (unpaired) electrons. The lowest BCUT2D eigenvalue weighted by Crippen LogP contribution is -2.01. The molecule has 0 aliphatic rings. The zero-order valence-electron chi connectivity index (χ0n) is 16.5. The van der Waals surface area contributed by atoms with Crippen LogP contribution in [0.5, 0.6) is 5.75 Å². The molecule has 0 atom stereocenters. The van der Waals surface area contributed by atoms with Gasteiger partial charge in [0.15, 0.2) is 0 Å². The zero-order valence-corrected chi connectivity index (χ0v) is 18.1. The molecule has 0 spiro atoms. The second-order valence-corrected chi connectivity index (χ2v) is 7.29. The van der Waals surface area contributed by atoms with Crippen molar-refractivity contribution < 1.29 is 14.3 Å². The fourth-order valence-electron chi connectivity index (χ4n) is 3.41. The SMILES string of the molecule is COC(=O)c1ccc(-c2ccc(OC)c(-c3ccc(C)cc3CBr)c2)c(C)c1. The smallest absolute Gasteiger partial charge is 0.337 e. The average Bonchev–Trinajstić information content (AvgIpc) is 2.72. The lowest BCUT2D eigenvalue weighted by atomic mass is 9.92. The lowest BCUT2D eigenvalue weighted by Gasteiger charge is -2.16. The van der Waals surface area contributed by atoms with Crippen molar-refractivity contribution in [1.29, 1.82) is 0 Å². The quantitative estimate of drug-likeness (QED) is 0.344. The van der Waals surface area contributed by atoms with E-state index in [0.717, 1.165) is 38.9 Å². The van der Waals surface area contributed by atoms with E-state index in [2.05, 4.69) is 47.1 Å². The number of carbonyl (C=O) groups excluding carboxylic acids is 1. The van der Waals surface area contributed by atoms with Gasteiger partial charge in [-0.2, -0.15) is 0 Å². The highest BCUT2D eigenvalue weighted by molar-refractivity contribution is 9.08. The molecule has 3 nitrogen and oxygen atoms in total. The van der Waals surface area contributed by atoms with E-state index in [4.69, 9.17) is 9.47 Å². The molecule has 3 rings (SSSR count). The van der Waals surface area contributed by atoms with Crippen LogP contribution < -0.4 is 4.74 Å². The molecule has 4 heteroatoms. The van der Waals surface area contributed by atoms with Crippen molar-refractivity contribution in [2.75, 3.05) is 14.2 Å². The topological polar surface area (TPSA) is 35.5 Å². The van der Waals surface area contributed by atoms with Crippen LogP contribution in [0.4, 0.5) is 0 Å². The van der Waals surface area contributed by atoms with E-state index in [-0.39, 0.29) is 5.97 Å². The molecule has 0 heterocycles. The Labute approximate surface area is 174 Å². The zero-order chi connectivity index (χ0) is 20.3. The van der Waals surface area contributed by atoms with E-state index < -0.39 is 0 Å². The Hall–Kier alpha value is -2.59. The number of aryl methyl sites for hydroxylation is 2. The number of benzene rings is 3. The first-order valence-electron chi connectivity index (χ1n) is 9.01. The molecule has 0 aliphatic heterocycles. The normalized spacial score (nSPS) is 10.6. The summed E-state index contributed by atoms with van der Waals surface area (Å²) in [6.45, 7) is 4.09. The van der Waals surface area contributed by atoms with Crippen LogP contribution in [0.2, 0.25) is 0 Å². The number of rotatable bonds is 5. The summed E-state index contributed by atoms with van der Waals surface area (Å²) in [6, 6.07) is 18.3. The van der Waals surface area contributed by atoms with Gasteiger partial charge in [-0.05, 0) is 65.9 Å². The maximum Gasteiger partial charge on any atom is 0.337 e. The van der Waals surface area contributed by atoms with E-state index in [0.29, 0.717) is 5.56 Å². The van der Waals surface area contributed by atoms with Gasteiger partial charge in [0.25, 0.3) is 0 Å². The summed E-state index contributed by atoms with van der Waals surface area (Å²) in [5.74, 6) is 0.505. The Morgan fingerprint density at radius 2 is 1.64 bits per heavy atom. The predicted molar refractivity (Wildman–Crippen MR) is 117 cm³/mol. The molecule has 0 bridgehead atoms. The van der Waals surface area contributed by atoms with Crippen LogP contribution in [-0.4, -0.2) is 20.2 Å². The van der Waals surface area contributed by atoms with Gasteiger partial charge in [0.2, 0.25) is 0 Å². The van der Waals surface area contributed by atoms with Crippen molar-refractivity contribution in [2.45, 2.75) is 19.2 Å². The highest BCUT2D eigenvalue weighted by Crippen LogP contribution is 2.37. The molecule has 28 heavy (non-hydrogen) atoms. The first kappa shape index (κ1) is 20.2. The van der Waals surface area contributed by atoms with Crippen molar-refractivity contribution in [1.82, 2.24) is 0 Å². The second kappa shape index (κ2) is 8.61. The maximum absolute atomic E-state index is 11.8. The van der Waals surface area contributed by atoms with E-state index in [9.17, 15) is 4.79 Å². The van der Waals surface area contributed by atoms with Gasteiger partial charge in [-0.15, -0.1) is 0 Å². The molecule has 144 valence electrons. The Balaban J connectivity index is 2.14. The first-order chi connectivity index (χ1) is 13.5. The van der Waals surface area contributed by atoms with Crippen molar-refractivity contribution in [3.8, 4) is 28.0 Å². The highest BCUT2D eigenvalue weighted by Gasteiger charge is 2.14. The molecule has 0 saturated carbocycles. The minimum absolute atomic E-state index is 0.327. The molecule has 0 aromatic heterocycles. The van der Waals surface area contributed by atoms with E-state index in [1.807, 2.05) is 31.2 Å². The number of hydrogen-bond acceptors (Lipinski definition) is 3. The highest BCUT2D eigenvalue weighted by atomic mass is 79.9. The molecule has 0 amide bonds. The van der Waals surface area contributed by atoms with E-state index in [1.165, 1.54) is 18.2 Å². The molecule has 0 saturated heterocycles. The Bertz CT molecular complexity index is 1020. The lowest BCUT2D eigenvalue weighted by molar-refractivity contribution is 0.0600. The van der Waals surface area contributed by atoms with Crippen LogP contribution in [-0.2, 0) is 10.1 Å². The van der Waals surface area contributed by atoms with Crippen LogP contribution in [0.1, 0.15) is 27.0 Å². The number of alkyl halides is 1. The summed E-state index contributed by atoms with van der Waals surface area (Å²) in [4.78, 5) is 11.8. The molecule has 0 aliphatic carbocycles. The van der Waals surface area contributed by atoms with Gasteiger partial charge < -0.3 is 9.47 Å². The van der Waals surface area contributed by atoms with Crippen LogP contribution in [0.15, 0.2) is 54.6 Å². The summed E-state index contributed by atoms with van der Waals surface area (Å²) >= 11 is 3.61. The van der Waals surface area contributed by atoms with Crippen LogP contribution >= 0.6 is 15.9 Å². The Morgan fingerprint density at radius 3 is 2.29 bits per heavy atom. The van der Waals surface area contributed by atoms with Gasteiger partial charge in [0.05, 0.1) is 19.8 Å². The summed E-state index contributed by atoms with van der Waals surface area (Å²) in [6.07, 6.45) is 0. The van der Waals surface area contributed by atoms with E-state index >= 15 is 0 Å². The third kappa shape index (κ3) is 3.97. The fraction of sp³-hybridized carbons (Fsp3) is 0.208. The molecule has 0 fully saturated rings. The summed E-state index contributed by atoms with van der Waals surface area (Å²) in [7, 11) is 3.08. The first-order valence-corrected chi connectivity index (χ1v) is 10.1. The monoisotopic (exact) mass is 438 g/mol. The van der Waals surface area contributed by atoms with Gasteiger partial charge in [-0.3, -0.25) is 0 Å².